The summed E-state index contributed by atoms with van der Waals surface area (Å²) in [5.74, 6) is -1.28. The quantitative estimate of drug-likeness (QED) is 0.271. The first-order valence-electron chi connectivity index (χ1n) is 6.53. The number of carboxylic acids is 1. The van der Waals surface area contributed by atoms with Crippen molar-refractivity contribution in [2.75, 3.05) is 25.9 Å². The fourth-order valence-corrected chi connectivity index (χ4v) is 4.01. The van der Waals surface area contributed by atoms with Crippen LogP contribution in [0.4, 0.5) is 0 Å². The van der Waals surface area contributed by atoms with E-state index >= 15 is 0 Å². The first-order chi connectivity index (χ1) is 9.07. The Hall–Kier alpha value is -0.110. The van der Waals surface area contributed by atoms with Crippen LogP contribution in [-0.4, -0.2) is 67.7 Å². The highest BCUT2D eigenvalue weighted by Gasteiger charge is 2.56. The number of carboxylic acid groups (broad SMARTS) is 1. The highest BCUT2D eigenvalue weighted by molar-refractivity contribution is 7.80. The number of quaternary nitrogens is 1. The summed E-state index contributed by atoms with van der Waals surface area (Å²) in [4.78, 5) is 29.5. The number of aliphatic hydroxyl groups is 1. The molecule has 1 aliphatic heterocycles. The highest BCUT2D eigenvalue weighted by atomic mass is 32.1. The van der Waals surface area contributed by atoms with Crippen LogP contribution >= 0.6 is 20.2 Å². The predicted molar refractivity (Wildman–Crippen MR) is 76.7 cm³/mol. The topological polar surface area (TPSA) is 115 Å². The molecular weight excluding hydrogens is 305 g/mol. The zero-order chi connectivity index (χ0) is 15.6. The van der Waals surface area contributed by atoms with E-state index in [0.29, 0.717) is 23.2 Å². The molecule has 0 saturated carbocycles. The molecule has 118 valence electrons. The summed E-state index contributed by atoms with van der Waals surface area (Å²) >= 11 is 4.19. The zero-order valence-corrected chi connectivity index (χ0v) is 13.3. The van der Waals surface area contributed by atoms with Gasteiger partial charge in [-0.1, -0.05) is 0 Å². The molecular formula is C11H23NO6PS+. The van der Waals surface area contributed by atoms with Crippen molar-refractivity contribution >= 4 is 26.2 Å². The number of hydrogen-bond donors (Lipinski definition) is 5. The van der Waals surface area contributed by atoms with Crippen molar-refractivity contribution in [2.24, 2.45) is 0 Å². The average Bonchev–Trinajstić information content (AvgIpc) is 2.30. The minimum absolute atomic E-state index is 0.301. The lowest BCUT2D eigenvalue weighted by Gasteiger charge is -2.46. The van der Waals surface area contributed by atoms with Gasteiger partial charge in [-0.15, -0.1) is 0 Å². The van der Waals surface area contributed by atoms with Gasteiger partial charge >= 0.3 is 13.6 Å². The molecule has 1 heterocycles. The summed E-state index contributed by atoms with van der Waals surface area (Å²) in [5.41, 5.74) is 0. The molecule has 0 radical (unpaired) electrons. The van der Waals surface area contributed by atoms with Crippen LogP contribution in [-0.2, 0) is 9.36 Å². The van der Waals surface area contributed by atoms with E-state index in [2.05, 4.69) is 12.6 Å². The van der Waals surface area contributed by atoms with E-state index in [1.54, 1.807) is 0 Å². The van der Waals surface area contributed by atoms with E-state index in [9.17, 15) is 24.3 Å². The van der Waals surface area contributed by atoms with Gasteiger partial charge < -0.3 is 24.5 Å². The van der Waals surface area contributed by atoms with Crippen LogP contribution in [0.3, 0.4) is 0 Å². The molecule has 0 bridgehead atoms. The average molecular weight is 328 g/mol. The smallest absolute Gasteiger partial charge is 0.368 e. The van der Waals surface area contributed by atoms with Crippen molar-refractivity contribution in [1.82, 2.24) is 0 Å². The molecule has 0 aliphatic carbocycles. The SMILES string of the molecule is C[N+]1(CCS)CCCCC1CC(O)(C(=O)O)P(=O)(O)O. The minimum Gasteiger partial charge on any atom is -0.479 e. The van der Waals surface area contributed by atoms with Gasteiger partial charge in [-0.25, -0.2) is 4.79 Å². The molecule has 0 spiro atoms. The Morgan fingerprint density at radius 1 is 1.45 bits per heavy atom. The van der Waals surface area contributed by atoms with Gasteiger partial charge in [-0.05, 0) is 19.3 Å². The van der Waals surface area contributed by atoms with E-state index in [0.717, 1.165) is 19.4 Å². The number of nitrogens with zero attached hydrogens (tertiary/aromatic N) is 1. The van der Waals surface area contributed by atoms with Crippen LogP contribution in [0.2, 0.25) is 0 Å². The summed E-state index contributed by atoms with van der Waals surface area (Å²) in [6.45, 7) is 1.46. The Kier molecular flexibility index (Phi) is 5.68. The molecule has 7 nitrogen and oxygen atoms in total. The van der Waals surface area contributed by atoms with Crippen molar-refractivity contribution in [1.29, 1.82) is 0 Å². The van der Waals surface area contributed by atoms with Gasteiger partial charge in [0.25, 0.3) is 5.34 Å². The van der Waals surface area contributed by atoms with Gasteiger partial charge in [-0.3, -0.25) is 4.57 Å². The molecule has 1 fully saturated rings. The summed E-state index contributed by atoms with van der Waals surface area (Å²) < 4.78 is 11.9. The van der Waals surface area contributed by atoms with Crippen molar-refractivity contribution in [2.45, 2.75) is 37.1 Å². The normalized spacial score (nSPS) is 30.8. The third-order valence-corrected chi connectivity index (χ3v) is 5.83. The Labute approximate surface area is 123 Å². The molecule has 0 aromatic heterocycles. The van der Waals surface area contributed by atoms with Crippen LogP contribution in [0.1, 0.15) is 25.7 Å². The molecule has 3 unspecified atom stereocenters. The maximum atomic E-state index is 11.4. The Bertz CT molecular complexity index is 412. The fraction of sp³-hybridized carbons (Fsp3) is 0.909. The lowest BCUT2D eigenvalue weighted by atomic mass is 9.94. The van der Waals surface area contributed by atoms with E-state index in [1.165, 1.54) is 0 Å². The lowest BCUT2D eigenvalue weighted by molar-refractivity contribution is -0.936. The predicted octanol–water partition coefficient (Wildman–Crippen LogP) is 0.256. The van der Waals surface area contributed by atoms with Crippen molar-refractivity contribution in [3.8, 4) is 0 Å². The van der Waals surface area contributed by atoms with Gasteiger partial charge in [0.2, 0.25) is 0 Å². The summed E-state index contributed by atoms with van der Waals surface area (Å²) in [6.07, 6.45) is 2.03. The molecule has 4 N–H and O–H groups in total. The molecule has 9 heteroatoms. The first kappa shape index (κ1) is 17.9. The van der Waals surface area contributed by atoms with Gasteiger partial charge in [-0.2, -0.15) is 12.6 Å². The Morgan fingerprint density at radius 2 is 2.05 bits per heavy atom. The van der Waals surface area contributed by atoms with Gasteiger partial charge in [0.1, 0.15) is 0 Å². The van der Waals surface area contributed by atoms with Gasteiger partial charge in [0.05, 0.1) is 32.6 Å². The van der Waals surface area contributed by atoms with E-state index < -0.39 is 25.3 Å². The Morgan fingerprint density at radius 3 is 2.50 bits per heavy atom. The number of piperidine rings is 1. The van der Waals surface area contributed by atoms with Gasteiger partial charge in [0, 0.05) is 5.75 Å². The van der Waals surface area contributed by atoms with E-state index in [1.807, 2.05) is 7.05 Å². The molecule has 1 rings (SSSR count). The largest absolute Gasteiger partial charge is 0.479 e. The highest BCUT2D eigenvalue weighted by Crippen LogP contribution is 2.52. The minimum atomic E-state index is -5.16. The molecule has 3 atom stereocenters. The van der Waals surface area contributed by atoms with Crippen LogP contribution in [0.5, 0.6) is 0 Å². The zero-order valence-electron chi connectivity index (χ0n) is 11.5. The lowest BCUT2D eigenvalue weighted by Crippen LogP contribution is -2.59. The molecule has 1 saturated heterocycles. The number of carbonyl (C=O) groups is 1. The number of hydrogen-bond acceptors (Lipinski definition) is 4. The van der Waals surface area contributed by atoms with E-state index in [4.69, 9.17) is 5.11 Å². The number of aliphatic carboxylic acids is 1. The van der Waals surface area contributed by atoms with Crippen LogP contribution in [0, 0.1) is 0 Å². The summed E-state index contributed by atoms with van der Waals surface area (Å²) in [6, 6.07) is -0.301. The van der Waals surface area contributed by atoms with E-state index in [-0.39, 0.29) is 6.04 Å². The maximum Gasteiger partial charge on any atom is 0.368 e. The summed E-state index contributed by atoms with van der Waals surface area (Å²) in [7, 11) is -3.24. The van der Waals surface area contributed by atoms with Crippen LogP contribution in [0.25, 0.3) is 0 Å². The van der Waals surface area contributed by atoms with Crippen LogP contribution < -0.4 is 0 Å². The van der Waals surface area contributed by atoms with Crippen molar-refractivity contribution in [3.05, 3.63) is 0 Å². The third-order valence-electron chi connectivity index (χ3n) is 4.29. The second-order valence-corrected chi connectivity index (χ2v) is 7.94. The number of likely N-dealkylation sites (tertiary alicyclic amines) is 1. The van der Waals surface area contributed by atoms with Gasteiger partial charge in [0.15, 0.2) is 0 Å². The van der Waals surface area contributed by atoms with Crippen molar-refractivity contribution < 1.29 is 33.8 Å². The van der Waals surface area contributed by atoms with Crippen molar-refractivity contribution in [3.63, 3.8) is 0 Å². The summed E-state index contributed by atoms with van der Waals surface area (Å²) in [5, 5.41) is 16.0. The molecule has 0 aromatic carbocycles. The van der Waals surface area contributed by atoms with Crippen LogP contribution in [0.15, 0.2) is 0 Å². The number of thiol groups is 1. The molecule has 0 aromatic rings. The molecule has 0 amide bonds. The molecule has 20 heavy (non-hydrogen) atoms. The monoisotopic (exact) mass is 328 g/mol. The fourth-order valence-electron chi connectivity index (χ4n) is 2.85. The second kappa shape index (κ2) is 6.34. The maximum absolute atomic E-state index is 11.4. The Balaban J connectivity index is 3.03. The second-order valence-electron chi connectivity index (χ2n) is 5.67. The number of rotatable bonds is 6. The third kappa shape index (κ3) is 3.55. The first-order valence-corrected chi connectivity index (χ1v) is 8.78. The molecule has 1 aliphatic rings. The standard InChI is InChI=1S/C11H22NO6PS/c1-12(6-7-20)5-3-2-4-9(12)8-11(15,10(13)14)19(16,17)18/h9,15H,2-8H2,1H3,(H3-,13,14,16,17,18,20)/p+1.